The van der Waals surface area contributed by atoms with E-state index in [2.05, 4.69) is 10.3 Å². The number of nitrogens with two attached hydrogens (primary N) is 2. The maximum Gasteiger partial charge on any atom is 0.226 e. The van der Waals surface area contributed by atoms with Crippen LogP contribution in [0.5, 0.6) is 0 Å². The first kappa shape index (κ1) is 14.0. The van der Waals surface area contributed by atoms with Gasteiger partial charge in [0.15, 0.2) is 0 Å². The molecule has 0 spiro atoms. The number of amides is 2. The minimum absolute atomic E-state index is 0.148. The number of nitrogens with zero attached hydrogens (tertiary/aromatic N) is 1. The van der Waals surface area contributed by atoms with E-state index in [1.54, 1.807) is 26.0 Å². The molecule has 0 aliphatic heterocycles. The Balaban J connectivity index is 2.48. The molecule has 98 valence electrons. The van der Waals surface area contributed by atoms with E-state index in [4.69, 9.17) is 11.5 Å². The SMILES string of the molecule is CC(C)(CNC(=O)Cc1ccc(N)cn1)C(N)=O. The van der Waals surface area contributed by atoms with Gasteiger partial charge in [0, 0.05) is 12.2 Å². The molecule has 1 rings (SSSR count). The van der Waals surface area contributed by atoms with Crippen LogP contribution in [0, 0.1) is 5.41 Å². The summed E-state index contributed by atoms with van der Waals surface area (Å²) in [7, 11) is 0. The van der Waals surface area contributed by atoms with Gasteiger partial charge in [-0.2, -0.15) is 0 Å². The number of pyridine rings is 1. The first-order chi connectivity index (χ1) is 8.31. The molecular weight excluding hydrogens is 232 g/mol. The summed E-state index contributed by atoms with van der Waals surface area (Å²) in [5.41, 5.74) is 11.1. The Bertz CT molecular complexity index is 440. The highest BCUT2D eigenvalue weighted by Crippen LogP contribution is 2.11. The summed E-state index contributed by atoms with van der Waals surface area (Å²) in [5, 5.41) is 2.66. The normalized spacial score (nSPS) is 11.0. The molecule has 0 radical (unpaired) electrons. The number of hydrogen-bond acceptors (Lipinski definition) is 4. The fraction of sp³-hybridized carbons (Fsp3) is 0.417. The lowest BCUT2D eigenvalue weighted by Gasteiger charge is -2.20. The molecule has 0 unspecified atom stereocenters. The average Bonchev–Trinajstić information content (AvgIpc) is 2.29. The second-order valence-electron chi connectivity index (χ2n) is 4.78. The lowest BCUT2D eigenvalue weighted by molar-refractivity contribution is -0.126. The molecule has 2 amide bonds. The third-order valence-electron chi connectivity index (χ3n) is 2.58. The van der Waals surface area contributed by atoms with Crippen LogP contribution in [0.1, 0.15) is 19.5 Å². The number of nitrogens with one attached hydrogen (secondary N) is 1. The Labute approximate surface area is 106 Å². The fourth-order valence-corrected chi connectivity index (χ4v) is 1.17. The van der Waals surface area contributed by atoms with E-state index in [0.717, 1.165) is 0 Å². The smallest absolute Gasteiger partial charge is 0.226 e. The van der Waals surface area contributed by atoms with Gasteiger partial charge in [0.05, 0.1) is 23.7 Å². The van der Waals surface area contributed by atoms with Crippen molar-refractivity contribution < 1.29 is 9.59 Å². The molecule has 5 N–H and O–H groups in total. The van der Waals surface area contributed by atoms with Crippen LogP contribution < -0.4 is 16.8 Å². The van der Waals surface area contributed by atoms with Crippen molar-refractivity contribution in [3.8, 4) is 0 Å². The molecule has 0 saturated heterocycles. The summed E-state index contributed by atoms with van der Waals surface area (Å²) in [6, 6.07) is 3.37. The Kier molecular flexibility index (Phi) is 4.25. The quantitative estimate of drug-likeness (QED) is 0.673. The Morgan fingerprint density at radius 1 is 1.39 bits per heavy atom. The van der Waals surface area contributed by atoms with Crippen molar-refractivity contribution >= 4 is 17.5 Å². The van der Waals surface area contributed by atoms with Crippen molar-refractivity contribution in [2.45, 2.75) is 20.3 Å². The van der Waals surface area contributed by atoms with Crippen LogP contribution in [0.2, 0.25) is 0 Å². The molecule has 18 heavy (non-hydrogen) atoms. The maximum absolute atomic E-state index is 11.6. The summed E-state index contributed by atoms with van der Waals surface area (Å²) >= 11 is 0. The van der Waals surface area contributed by atoms with E-state index < -0.39 is 11.3 Å². The van der Waals surface area contributed by atoms with E-state index >= 15 is 0 Å². The molecular formula is C12H18N4O2. The van der Waals surface area contributed by atoms with Crippen LogP contribution in [0.3, 0.4) is 0 Å². The van der Waals surface area contributed by atoms with Gasteiger partial charge in [0.2, 0.25) is 11.8 Å². The first-order valence-electron chi connectivity index (χ1n) is 5.58. The van der Waals surface area contributed by atoms with Crippen molar-refractivity contribution in [3.63, 3.8) is 0 Å². The van der Waals surface area contributed by atoms with E-state index in [-0.39, 0.29) is 18.9 Å². The van der Waals surface area contributed by atoms with E-state index in [0.29, 0.717) is 11.4 Å². The van der Waals surface area contributed by atoms with Gasteiger partial charge >= 0.3 is 0 Å². The Morgan fingerprint density at radius 3 is 2.56 bits per heavy atom. The van der Waals surface area contributed by atoms with E-state index in [1.165, 1.54) is 6.20 Å². The third-order valence-corrected chi connectivity index (χ3v) is 2.58. The molecule has 0 atom stereocenters. The van der Waals surface area contributed by atoms with Crippen LogP contribution in [-0.4, -0.2) is 23.3 Å². The zero-order chi connectivity index (χ0) is 13.8. The molecule has 1 aromatic heterocycles. The number of aromatic nitrogens is 1. The lowest BCUT2D eigenvalue weighted by atomic mass is 9.93. The number of nitrogen functional groups attached to an aromatic ring is 1. The molecule has 0 aliphatic rings. The lowest BCUT2D eigenvalue weighted by Crippen LogP contribution is -2.42. The summed E-state index contributed by atoms with van der Waals surface area (Å²) < 4.78 is 0. The molecule has 0 fully saturated rings. The fourth-order valence-electron chi connectivity index (χ4n) is 1.17. The van der Waals surface area contributed by atoms with Gasteiger partial charge in [0.25, 0.3) is 0 Å². The highest BCUT2D eigenvalue weighted by Gasteiger charge is 2.25. The van der Waals surface area contributed by atoms with Crippen LogP contribution in [-0.2, 0) is 16.0 Å². The highest BCUT2D eigenvalue weighted by atomic mass is 16.2. The minimum Gasteiger partial charge on any atom is -0.397 e. The predicted octanol–water partition coefficient (Wildman–Crippen LogP) is -0.166. The monoisotopic (exact) mass is 250 g/mol. The van der Waals surface area contributed by atoms with Crippen LogP contribution >= 0.6 is 0 Å². The second-order valence-corrected chi connectivity index (χ2v) is 4.78. The molecule has 0 bridgehead atoms. The molecule has 1 heterocycles. The van der Waals surface area contributed by atoms with Gasteiger partial charge < -0.3 is 16.8 Å². The van der Waals surface area contributed by atoms with Crippen LogP contribution in [0.15, 0.2) is 18.3 Å². The molecule has 0 aliphatic carbocycles. The number of anilines is 1. The third kappa shape index (κ3) is 4.04. The van der Waals surface area contributed by atoms with Gasteiger partial charge in [-0.3, -0.25) is 14.6 Å². The largest absolute Gasteiger partial charge is 0.397 e. The zero-order valence-electron chi connectivity index (χ0n) is 10.6. The van der Waals surface area contributed by atoms with Crippen molar-refractivity contribution in [1.82, 2.24) is 10.3 Å². The summed E-state index contributed by atoms with van der Waals surface area (Å²) in [6.45, 7) is 3.56. The number of rotatable bonds is 5. The summed E-state index contributed by atoms with van der Waals surface area (Å²) in [6.07, 6.45) is 1.64. The average molecular weight is 250 g/mol. The van der Waals surface area contributed by atoms with E-state index in [9.17, 15) is 9.59 Å². The molecule has 0 aromatic carbocycles. The Hall–Kier alpha value is -2.11. The summed E-state index contributed by atoms with van der Waals surface area (Å²) in [5.74, 6) is -0.657. The summed E-state index contributed by atoms with van der Waals surface area (Å²) in [4.78, 5) is 26.7. The van der Waals surface area contributed by atoms with Crippen molar-refractivity contribution in [1.29, 1.82) is 0 Å². The number of primary amides is 1. The van der Waals surface area contributed by atoms with Crippen molar-refractivity contribution in [2.75, 3.05) is 12.3 Å². The Morgan fingerprint density at radius 2 is 2.06 bits per heavy atom. The number of carbonyl (C=O) groups is 2. The molecule has 0 saturated carbocycles. The number of carbonyl (C=O) groups excluding carboxylic acids is 2. The van der Waals surface area contributed by atoms with Gasteiger partial charge in [0.1, 0.15) is 0 Å². The van der Waals surface area contributed by atoms with Gasteiger partial charge in [-0.15, -0.1) is 0 Å². The number of hydrogen-bond donors (Lipinski definition) is 3. The highest BCUT2D eigenvalue weighted by molar-refractivity contribution is 5.82. The van der Waals surface area contributed by atoms with Crippen LogP contribution in [0.4, 0.5) is 5.69 Å². The molecule has 6 heteroatoms. The van der Waals surface area contributed by atoms with E-state index in [1.807, 2.05) is 0 Å². The van der Waals surface area contributed by atoms with Crippen molar-refractivity contribution in [3.05, 3.63) is 24.0 Å². The predicted molar refractivity (Wildman–Crippen MR) is 68.3 cm³/mol. The van der Waals surface area contributed by atoms with Gasteiger partial charge in [-0.25, -0.2) is 0 Å². The topological polar surface area (TPSA) is 111 Å². The first-order valence-corrected chi connectivity index (χ1v) is 5.58. The van der Waals surface area contributed by atoms with Gasteiger partial charge in [-0.1, -0.05) is 0 Å². The minimum atomic E-state index is -0.760. The molecule has 6 nitrogen and oxygen atoms in total. The maximum atomic E-state index is 11.6. The zero-order valence-corrected chi connectivity index (χ0v) is 10.6. The second kappa shape index (κ2) is 5.48. The van der Waals surface area contributed by atoms with Gasteiger partial charge in [-0.05, 0) is 26.0 Å². The van der Waals surface area contributed by atoms with Crippen molar-refractivity contribution in [2.24, 2.45) is 11.1 Å². The standard InChI is InChI=1S/C12H18N4O2/c1-12(2,11(14)18)7-16-10(17)5-9-4-3-8(13)6-15-9/h3-4,6H,5,7,13H2,1-2H3,(H2,14,18)(H,16,17). The molecule has 1 aromatic rings. The van der Waals surface area contributed by atoms with Crippen LogP contribution in [0.25, 0.3) is 0 Å².